The quantitative estimate of drug-likeness (QED) is 0.746. The van der Waals surface area contributed by atoms with Crippen LogP contribution in [-0.2, 0) is 6.42 Å². The van der Waals surface area contributed by atoms with E-state index in [0.717, 1.165) is 5.82 Å². The standard InChI is InChI=1S/C17H19N5O2/c1-11(2)22-10-20-21-15(22)7-8-18-17(24)14-9-19-16(23)13-6-4-3-5-12(13)14/h3-6,9-11H,7-8H2,1-2H3,(H,18,24)(H,19,23). The lowest BCUT2D eigenvalue weighted by molar-refractivity contribution is 0.0955. The molecule has 2 heterocycles. The summed E-state index contributed by atoms with van der Waals surface area (Å²) in [7, 11) is 0. The molecule has 3 aromatic rings. The molecule has 7 heteroatoms. The Morgan fingerprint density at radius 1 is 1.29 bits per heavy atom. The fourth-order valence-corrected chi connectivity index (χ4v) is 2.66. The monoisotopic (exact) mass is 325 g/mol. The highest BCUT2D eigenvalue weighted by Gasteiger charge is 2.12. The number of hydrogen-bond donors (Lipinski definition) is 2. The molecule has 2 aromatic heterocycles. The number of carbonyl (C=O) groups is 1. The fourth-order valence-electron chi connectivity index (χ4n) is 2.66. The Hall–Kier alpha value is -2.96. The molecule has 0 unspecified atom stereocenters. The van der Waals surface area contributed by atoms with Gasteiger partial charge in [0, 0.05) is 36.0 Å². The molecule has 7 nitrogen and oxygen atoms in total. The maximum absolute atomic E-state index is 12.4. The third kappa shape index (κ3) is 3.05. The molecule has 0 saturated carbocycles. The zero-order chi connectivity index (χ0) is 17.1. The van der Waals surface area contributed by atoms with Gasteiger partial charge in [0.25, 0.3) is 11.5 Å². The van der Waals surface area contributed by atoms with Crippen molar-refractivity contribution in [1.29, 1.82) is 0 Å². The van der Waals surface area contributed by atoms with Gasteiger partial charge in [-0.3, -0.25) is 9.59 Å². The Kier molecular flexibility index (Phi) is 4.41. The first-order valence-corrected chi connectivity index (χ1v) is 7.85. The van der Waals surface area contributed by atoms with Gasteiger partial charge in [-0.05, 0) is 19.9 Å². The first-order valence-electron chi connectivity index (χ1n) is 7.85. The number of nitrogens with zero attached hydrogens (tertiary/aromatic N) is 3. The lowest BCUT2D eigenvalue weighted by Crippen LogP contribution is -2.27. The van der Waals surface area contributed by atoms with E-state index >= 15 is 0 Å². The van der Waals surface area contributed by atoms with E-state index in [0.29, 0.717) is 29.3 Å². The highest BCUT2D eigenvalue weighted by molar-refractivity contribution is 6.06. The number of amides is 1. The largest absolute Gasteiger partial charge is 0.352 e. The summed E-state index contributed by atoms with van der Waals surface area (Å²) in [5, 5.41) is 12.0. The first-order chi connectivity index (χ1) is 11.6. The summed E-state index contributed by atoms with van der Waals surface area (Å²) in [5.41, 5.74) is 0.253. The minimum absolute atomic E-state index is 0.202. The van der Waals surface area contributed by atoms with Crippen molar-refractivity contribution in [2.45, 2.75) is 26.3 Å². The van der Waals surface area contributed by atoms with Gasteiger partial charge in [0.05, 0.1) is 5.56 Å². The van der Waals surface area contributed by atoms with Gasteiger partial charge < -0.3 is 14.9 Å². The first kappa shape index (κ1) is 15.9. The van der Waals surface area contributed by atoms with Crippen molar-refractivity contribution in [2.75, 3.05) is 6.54 Å². The van der Waals surface area contributed by atoms with Crippen LogP contribution in [0.2, 0.25) is 0 Å². The molecular weight excluding hydrogens is 306 g/mol. The number of hydrogen-bond acceptors (Lipinski definition) is 4. The Bertz CT molecular complexity index is 926. The molecule has 2 N–H and O–H groups in total. The summed E-state index contributed by atoms with van der Waals surface area (Å²) in [4.78, 5) is 26.9. The smallest absolute Gasteiger partial charge is 0.255 e. The van der Waals surface area contributed by atoms with Crippen molar-refractivity contribution >= 4 is 16.7 Å². The highest BCUT2D eigenvalue weighted by Crippen LogP contribution is 2.14. The van der Waals surface area contributed by atoms with E-state index in [1.54, 1.807) is 24.5 Å². The fraction of sp³-hybridized carbons (Fsp3) is 0.294. The predicted molar refractivity (Wildman–Crippen MR) is 91.0 cm³/mol. The van der Waals surface area contributed by atoms with E-state index in [2.05, 4.69) is 34.3 Å². The van der Waals surface area contributed by atoms with Crippen LogP contribution < -0.4 is 10.9 Å². The predicted octanol–water partition coefficient (Wildman–Crippen LogP) is 1.67. The lowest BCUT2D eigenvalue weighted by atomic mass is 10.1. The van der Waals surface area contributed by atoms with Gasteiger partial charge in [-0.1, -0.05) is 18.2 Å². The van der Waals surface area contributed by atoms with Crippen molar-refractivity contribution < 1.29 is 4.79 Å². The molecule has 0 aliphatic rings. The average Bonchev–Trinajstić information content (AvgIpc) is 3.04. The van der Waals surface area contributed by atoms with Crippen LogP contribution >= 0.6 is 0 Å². The second-order valence-corrected chi connectivity index (χ2v) is 5.83. The van der Waals surface area contributed by atoms with E-state index < -0.39 is 0 Å². The Labute approximate surface area is 138 Å². The molecule has 0 atom stereocenters. The number of pyridine rings is 1. The van der Waals surface area contributed by atoms with Gasteiger partial charge in [-0.15, -0.1) is 10.2 Å². The summed E-state index contributed by atoms with van der Waals surface area (Å²) in [5.74, 6) is 0.606. The molecule has 1 aromatic carbocycles. The van der Waals surface area contributed by atoms with Gasteiger partial charge in [0.1, 0.15) is 12.2 Å². The van der Waals surface area contributed by atoms with Crippen LogP contribution in [0.5, 0.6) is 0 Å². The van der Waals surface area contributed by atoms with Crippen molar-refractivity contribution in [3.8, 4) is 0 Å². The minimum Gasteiger partial charge on any atom is -0.352 e. The topological polar surface area (TPSA) is 92.7 Å². The number of H-pyrrole nitrogens is 1. The van der Waals surface area contributed by atoms with Crippen molar-refractivity contribution in [1.82, 2.24) is 25.1 Å². The summed E-state index contributed by atoms with van der Waals surface area (Å²) in [6.45, 7) is 4.55. The van der Waals surface area contributed by atoms with Gasteiger partial charge in [0.2, 0.25) is 0 Å². The molecule has 0 bridgehead atoms. The second-order valence-electron chi connectivity index (χ2n) is 5.83. The van der Waals surface area contributed by atoms with Gasteiger partial charge in [-0.25, -0.2) is 0 Å². The molecule has 0 aliphatic heterocycles. The zero-order valence-electron chi connectivity index (χ0n) is 13.6. The number of fused-ring (bicyclic) bond motifs is 1. The number of rotatable bonds is 5. The van der Waals surface area contributed by atoms with Crippen LogP contribution in [0.3, 0.4) is 0 Å². The van der Waals surface area contributed by atoms with Gasteiger partial charge in [-0.2, -0.15) is 0 Å². The molecule has 1 amide bonds. The number of aromatic amines is 1. The van der Waals surface area contributed by atoms with E-state index in [-0.39, 0.29) is 17.5 Å². The minimum atomic E-state index is -0.224. The SMILES string of the molecule is CC(C)n1cnnc1CCNC(=O)c1c[nH]c(=O)c2ccccc12. The summed E-state index contributed by atoms with van der Waals surface area (Å²) in [6, 6.07) is 7.33. The maximum Gasteiger partial charge on any atom is 0.255 e. The van der Waals surface area contributed by atoms with E-state index in [1.807, 2.05) is 10.6 Å². The molecule has 0 aliphatic carbocycles. The molecule has 0 fully saturated rings. The molecule has 0 spiro atoms. The molecule has 24 heavy (non-hydrogen) atoms. The Balaban J connectivity index is 1.73. The lowest BCUT2D eigenvalue weighted by Gasteiger charge is -2.11. The van der Waals surface area contributed by atoms with Crippen molar-refractivity contribution in [3.05, 3.63) is 58.5 Å². The summed E-state index contributed by atoms with van der Waals surface area (Å²) >= 11 is 0. The number of aromatic nitrogens is 4. The molecular formula is C17H19N5O2. The van der Waals surface area contributed by atoms with Crippen molar-refractivity contribution in [3.63, 3.8) is 0 Å². The summed E-state index contributed by atoms with van der Waals surface area (Å²) in [6.07, 6.45) is 3.74. The van der Waals surface area contributed by atoms with Crippen molar-refractivity contribution in [2.24, 2.45) is 0 Å². The van der Waals surface area contributed by atoms with E-state index in [9.17, 15) is 9.59 Å². The number of carbonyl (C=O) groups excluding carboxylic acids is 1. The van der Waals surface area contributed by atoms with Crippen LogP contribution in [0.4, 0.5) is 0 Å². The van der Waals surface area contributed by atoms with E-state index in [1.165, 1.54) is 6.20 Å². The third-order valence-electron chi connectivity index (χ3n) is 3.89. The normalized spacial score (nSPS) is 11.1. The van der Waals surface area contributed by atoms with Gasteiger partial charge >= 0.3 is 0 Å². The summed E-state index contributed by atoms with van der Waals surface area (Å²) < 4.78 is 1.97. The Morgan fingerprint density at radius 2 is 2.04 bits per heavy atom. The molecule has 124 valence electrons. The van der Waals surface area contributed by atoms with Gasteiger partial charge in [0.15, 0.2) is 0 Å². The van der Waals surface area contributed by atoms with Crippen LogP contribution in [0.25, 0.3) is 10.8 Å². The highest BCUT2D eigenvalue weighted by atomic mass is 16.1. The Morgan fingerprint density at radius 3 is 2.79 bits per heavy atom. The number of nitrogens with one attached hydrogen (secondary N) is 2. The maximum atomic E-state index is 12.4. The second kappa shape index (κ2) is 6.66. The molecule has 3 rings (SSSR count). The van der Waals surface area contributed by atoms with Crippen LogP contribution in [0, 0.1) is 0 Å². The van der Waals surface area contributed by atoms with Crippen LogP contribution in [-0.4, -0.2) is 32.2 Å². The molecule has 0 saturated heterocycles. The van der Waals surface area contributed by atoms with Crippen LogP contribution in [0.15, 0.2) is 41.6 Å². The van der Waals surface area contributed by atoms with Crippen LogP contribution in [0.1, 0.15) is 36.1 Å². The third-order valence-corrected chi connectivity index (χ3v) is 3.89. The molecule has 0 radical (unpaired) electrons. The average molecular weight is 325 g/mol. The van der Waals surface area contributed by atoms with E-state index in [4.69, 9.17) is 0 Å². The zero-order valence-corrected chi connectivity index (χ0v) is 13.6. The number of benzene rings is 1.